The molecule has 0 aliphatic carbocycles. The molecule has 0 heterocycles. The van der Waals surface area contributed by atoms with Gasteiger partial charge in [0.05, 0.1) is 10.8 Å². The van der Waals surface area contributed by atoms with Crippen molar-refractivity contribution in [2.24, 2.45) is 0 Å². The van der Waals surface area contributed by atoms with E-state index in [9.17, 15) is 0 Å². The number of thioether (sulfide) groups is 1. The monoisotopic (exact) mass is 150 g/mol. The van der Waals surface area contributed by atoms with Crippen LogP contribution < -0.4 is 0 Å². The molecule has 0 unspecified atom stereocenters. The van der Waals surface area contributed by atoms with Gasteiger partial charge >= 0.3 is 0 Å². The second-order valence-electron chi connectivity index (χ2n) is 1.70. The molecule has 0 atom stereocenters. The quantitative estimate of drug-likeness (QED) is 0.602. The van der Waals surface area contributed by atoms with E-state index in [2.05, 4.69) is 0 Å². The van der Waals surface area contributed by atoms with Gasteiger partial charge in [-0.15, -0.1) is 11.8 Å². The van der Waals surface area contributed by atoms with Crippen LogP contribution in [-0.4, -0.2) is 21.2 Å². The number of hydrogen-bond donors (Lipinski definition) is 1. The van der Waals surface area contributed by atoms with E-state index in [4.69, 9.17) is 17.3 Å². The third-order valence-electron chi connectivity index (χ3n) is 0.496. The summed E-state index contributed by atoms with van der Waals surface area (Å²) in [6.45, 7) is 4.12. The summed E-state index contributed by atoms with van der Waals surface area (Å²) in [5.74, 6) is 0. The van der Waals surface area contributed by atoms with Crippen molar-refractivity contribution < 1.29 is 5.11 Å². The average molecular weight is 150 g/mol. The third-order valence-corrected chi connectivity index (χ3v) is 1.78. The second-order valence-corrected chi connectivity index (χ2v) is 4.12. The molecule has 0 radical (unpaired) electrons. The average Bonchev–Trinajstić information content (AvgIpc) is 1.65. The molecule has 0 aromatic heterocycles. The molecule has 0 rings (SSSR count). The first-order valence-electron chi connectivity index (χ1n) is 2.47. The van der Waals surface area contributed by atoms with Crippen LogP contribution in [0.15, 0.2) is 0 Å². The number of rotatable bonds is 2. The molecule has 0 aromatic rings. The molecular weight excluding hydrogens is 140 g/mol. The Morgan fingerprint density at radius 1 is 1.75 bits per heavy atom. The van der Waals surface area contributed by atoms with E-state index < -0.39 is 0 Å². The Kier molecular flexibility index (Phi) is 4.51. The van der Waals surface area contributed by atoms with Gasteiger partial charge in [-0.25, -0.2) is 0 Å². The molecule has 0 fully saturated rings. The fourth-order valence-electron chi connectivity index (χ4n) is 0.300. The molecule has 0 aliphatic rings. The summed E-state index contributed by atoms with van der Waals surface area (Å²) in [5.41, 5.74) is 0. The molecule has 0 aliphatic heterocycles. The van der Waals surface area contributed by atoms with Crippen LogP contribution in [0.2, 0.25) is 0 Å². The van der Waals surface area contributed by atoms with E-state index in [-0.39, 0.29) is 6.61 Å². The van der Waals surface area contributed by atoms with Crippen molar-refractivity contribution in [1.82, 2.24) is 0 Å². The van der Waals surface area contributed by atoms with E-state index >= 15 is 0 Å². The van der Waals surface area contributed by atoms with Crippen molar-refractivity contribution in [2.45, 2.75) is 19.1 Å². The highest BCUT2D eigenvalue weighted by Gasteiger charge is 1.97. The molecular formula is C5H10OS2. The minimum atomic E-state index is 0.0260. The van der Waals surface area contributed by atoms with Crippen molar-refractivity contribution in [1.29, 1.82) is 0 Å². The van der Waals surface area contributed by atoms with E-state index in [0.29, 0.717) is 9.45 Å². The fraction of sp³-hybridized carbons (Fsp3) is 0.800. The highest BCUT2D eigenvalue weighted by atomic mass is 32.2. The topological polar surface area (TPSA) is 20.2 Å². The summed E-state index contributed by atoms with van der Waals surface area (Å²) in [7, 11) is 0. The van der Waals surface area contributed by atoms with E-state index in [0.717, 1.165) is 0 Å². The van der Waals surface area contributed by atoms with Gasteiger partial charge in [0.2, 0.25) is 0 Å². The molecule has 0 spiro atoms. The lowest BCUT2D eigenvalue weighted by atomic mass is 10.6. The summed E-state index contributed by atoms with van der Waals surface area (Å²) >= 11 is 6.28. The van der Waals surface area contributed by atoms with Gasteiger partial charge in [-0.1, -0.05) is 26.1 Å². The van der Waals surface area contributed by atoms with Crippen LogP contribution in [0.5, 0.6) is 0 Å². The summed E-state index contributed by atoms with van der Waals surface area (Å²) in [6, 6.07) is 0. The number of thiocarbonyl (C=S) groups is 1. The molecule has 0 saturated heterocycles. The highest BCUT2D eigenvalue weighted by Crippen LogP contribution is 2.10. The fourth-order valence-corrected chi connectivity index (χ4v) is 1.48. The molecule has 8 heavy (non-hydrogen) atoms. The Bertz CT molecular complexity index is 80.5. The third kappa shape index (κ3) is 4.56. The molecule has 1 N–H and O–H groups in total. The van der Waals surface area contributed by atoms with Crippen LogP contribution >= 0.6 is 24.0 Å². The Hall–Kier alpha value is 0.400. The predicted octanol–water partition coefficient (Wildman–Crippen LogP) is 1.45. The van der Waals surface area contributed by atoms with Gasteiger partial charge in [0.25, 0.3) is 0 Å². The zero-order valence-corrected chi connectivity index (χ0v) is 6.68. The lowest BCUT2D eigenvalue weighted by Gasteiger charge is -2.00. The van der Waals surface area contributed by atoms with E-state index in [1.165, 1.54) is 11.8 Å². The van der Waals surface area contributed by atoms with Crippen LogP contribution in [0, 0.1) is 0 Å². The molecule has 1 nitrogen and oxygen atoms in total. The zero-order chi connectivity index (χ0) is 6.57. The minimum Gasteiger partial charge on any atom is -0.390 e. The first-order valence-corrected chi connectivity index (χ1v) is 3.76. The maximum atomic E-state index is 8.42. The van der Waals surface area contributed by atoms with Gasteiger partial charge < -0.3 is 5.11 Å². The molecule has 48 valence electrons. The number of aliphatic hydroxyl groups excluding tert-OH is 1. The van der Waals surface area contributed by atoms with Crippen LogP contribution in [0.1, 0.15) is 13.8 Å². The first-order chi connectivity index (χ1) is 3.66. The van der Waals surface area contributed by atoms with Crippen LogP contribution in [0.3, 0.4) is 0 Å². The standard InChI is InChI=1S/C5H10OS2/c1-4(2)8-5(7)3-6/h4,6H,3H2,1-2H3. The van der Waals surface area contributed by atoms with Gasteiger partial charge in [0.15, 0.2) is 0 Å². The Balaban J connectivity index is 3.25. The van der Waals surface area contributed by atoms with Crippen LogP contribution in [0.25, 0.3) is 0 Å². The van der Waals surface area contributed by atoms with E-state index in [1.807, 2.05) is 13.8 Å². The van der Waals surface area contributed by atoms with Gasteiger partial charge in [-0.3, -0.25) is 0 Å². The Morgan fingerprint density at radius 2 is 2.25 bits per heavy atom. The van der Waals surface area contributed by atoms with Gasteiger partial charge in [-0.2, -0.15) is 0 Å². The predicted molar refractivity (Wildman–Crippen MR) is 42.4 cm³/mol. The maximum Gasteiger partial charge on any atom is 0.0843 e. The van der Waals surface area contributed by atoms with E-state index in [1.54, 1.807) is 0 Å². The van der Waals surface area contributed by atoms with Crippen LogP contribution in [-0.2, 0) is 0 Å². The normalized spacial score (nSPS) is 10.0. The second kappa shape index (κ2) is 4.30. The van der Waals surface area contributed by atoms with Crippen molar-refractivity contribution >= 4 is 28.2 Å². The van der Waals surface area contributed by atoms with Gasteiger partial charge in [0, 0.05) is 5.25 Å². The number of hydrogen-bond acceptors (Lipinski definition) is 3. The first kappa shape index (κ1) is 8.40. The molecule has 0 saturated carbocycles. The summed E-state index contributed by atoms with van der Waals surface area (Å²) in [5, 5.41) is 8.92. The summed E-state index contributed by atoms with van der Waals surface area (Å²) < 4.78 is 0.681. The highest BCUT2D eigenvalue weighted by molar-refractivity contribution is 8.23. The zero-order valence-electron chi connectivity index (χ0n) is 5.05. The largest absolute Gasteiger partial charge is 0.390 e. The van der Waals surface area contributed by atoms with Crippen molar-refractivity contribution in [3.63, 3.8) is 0 Å². The van der Waals surface area contributed by atoms with Gasteiger partial charge in [-0.05, 0) is 0 Å². The lowest BCUT2D eigenvalue weighted by molar-refractivity contribution is 0.362. The smallest absolute Gasteiger partial charge is 0.0843 e. The number of aliphatic hydroxyl groups is 1. The van der Waals surface area contributed by atoms with Crippen LogP contribution in [0.4, 0.5) is 0 Å². The minimum absolute atomic E-state index is 0.0260. The van der Waals surface area contributed by atoms with Crippen molar-refractivity contribution in [3.8, 4) is 0 Å². The molecule has 0 aromatic carbocycles. The van der Waals surface area contributed by atoms with Crippen molar-refractivity contribution in [2.75, 3.05) is 6.61 Å². The SMILES string of the molecule is CC(C)SC(=S)CO. The Labute approximate surface area is 59.5 Å². The van der Waals surface area contributed by atoms with Crippen molar-refractivity contribution in [3.05, 3.63) is 0 Å². The molecule has 3 heteroatoms. The summed E-state index contributed by atoms with van der Waals surface area (Å²) in [4.78, 5) is 0. The molecule has 0 amide bonds. The summed E-state index contributed by atoms with van der Waals surface area (Å²) in [6.07, 6.45) is 0. The maximum absolute atomic E-state index is 8.42. The van der Waals surface area contributed by atoms with Gasteiger partial charge in [0.1, 0.15) is 0 Å². The lowest BCUT2D eigenvalue weighted by Crippen LogP contribution is -1.99. The molecule has 0 bridgehead atoms. The Morgan fingerprint density at radius 3 is 2.38 bits per heavy atom.